The molecule has 5 nitrogen and oxygen atoms in total. The molecular formula is C6H10N2O3. The summed E-state index contributed by atoms with van der Waals surface area (Å²) < 4.78 is 4.84. The molecule has 1 N–H and O–H groups in total. The van der Waals surface area contributed by atoms with Crippen molar-refractivity contribution in [1.29, 1.82) is 0 Å². The van der Waals surface area contributed by atoms with Crippen LogP contribution in [0, 0.1) is 0 Å². The monoisotopic (exact) mass is 158 g/mol. The zero-order valence-corrected chi connectivity index (χ0v) is 6.46. The van der Waals surface area contributed by atoms with Crippen molar-refractivity contribution in [2.24, 2.45) is 0 Å². The van der Waals surface area contributed by atoms with E-state index in [0.29, 0.717) is 6.54 Å². The van der Waals surface area contributed by atoms with Crippen LogP contribution in [0.1, 0.15) is 6.92 Å². The summed E-state index contributed by atoms with van der Waals surface area (Å²) in [5.74, 6) is -0.262. The largest absolute Gasteiger partial charge is 0.360 e. The standard InChI is InChI=1S/C6H10N2O3/c1-4(9)8-3-5(11-2)7-6(8)10/h5H,3H2,1-2H3,(H,7,10). The van der Waals surface area contributed by atoms with Gasteiger partial charge in [-0.15, -0.1) is 0 Å². The van der Waals surface area contributed by atoms with E-state index < -0.39 is 0 Å². The smallest absolute Gasteiger partial charge is 0.326 e. The Balaban J connectivity index is 2.59. The fourth-order valence-corrected chi connectivity index (χ4v) is 0.915. The molecule has 1 saturated heterocycles. The van der Waals surface area contributed by atoms with Crippen LogP contribution in [0.3, 0.4) is 0 Å². The average Bonchev–Trinajstić information content (AvgIpc) is 2.30. The van der Waals surface area contributed by atoms with Gasteiger partial charge in [0.1, 0.15) is 6.23 Å². The Morgan fingerprint density at radius 3 is 2.73 bits per heavy atom. The van der Waals surface area contributed by atoms with Crippen LogP contribution in [0.15, 0.2) is 0 Å². The van der Waals surface area contributed by atoms with Crippen LogP contribution >= 0.6 is 0 Å². The van der Waals surface area contributed by atoms with Crippen molar-refractivity contribution in [2.75, 3.05) is 13.7 Å². The van der Waals surface area contributed by atoms with Crippen LogP contribution in [0.5, 0.6) is 0 Å². The number of ether oxygens (including phenoxy) is 1. The summed E-state index contributed by atoms with van der Waals surface area (Å²) in [6, 6.07) is -0.385. The highest BCUT2D eigenvalue weighted by Gasteiger charge is 2.30. The van der Waals surface area contributed by atoms with Crippen LogP contribution in [0.25, 0.3) is 0 Å². The van der Waals surface area contributed by atoms with E-state index in [0.717, 1.165) is 4.90 Å². The molecule has 1 rings (SSSR count). The van der Waals surface area contributed by atoms with E-state index >= 15 is 0 Å². The molecule has 1 heterocycles. The van der Waals surface area contributed by atoms with Crippen molar-refractivity contribution < 1.29 is 14.3 Å². The highest BCUT2D eigenvalue weighted by Crippen LogP contribution is 2.03. The third-order valence-corrected chi connectivity index (χ3v) is 1.54. The molecule has 0 saturated carbocycles. The molecule has 1 aliphatic heterocycles. The molecule has 0 aromatic heterocycles. The van der Waals surface area contributed by atoms with E-state index in [-0.39, 0.29) is 18.2 Å². The molecule has 1 atom stereocenters. The highest BCUT2D eigenvalue weighted by molar-refractivity contribution is 5.94. The molecule has 1 fully saturated rings. The van der Waals surface area contributed by atoms with Crippen molar-refractivity contribution in [1.82, 2.24) is 10.2 Å². The van der Waals surface area contributed by atoms with Gasteiger partial charge < -0.3 is 10.1 Å². The minimum Gasteiger partial charge on any atom is -0.360 e. The van der Waals surface area contributed by atoms with Crippen LogP contribution < -0.4 is 5.32 Å². The van der Waals surface area contributed by atoms with Crippen LogP contribution in [-0.4, -0.2) is 36.7 Å². The first-order chi connectivity index (χ1) is 5.15. The van der Waals surface area contributed by atoms with Gasteiger partial charge in [-0.25, -0.2) is 4.79 Å². The summed E-state index contributed by atoms with van der Waals surface area (Å²) >= 11 is 0. The summed E-state index contributed by atoms with van der Waals surface area (Å²) in [6.07, 6.45) is -0.355. The molecule has 1 aliphatic rings. The van der Waals surface area contributed by atoms with Crippen molar-refractivity contribution in [3.05, 3.63) is 0 Å². The van der Waals surface area contributed by atoms with E-state index in [2.05, 4.69) is 5.32 Å². The predicted octanol–water partition coefficient (Wildman–Crippen LogP) is -0.469. The van der Waals surface area contributed by atoms with Crippen LogP contribution in [0.4, 0.5) is 4.79 Å². The van der Waals surface area contributed by atoms with Gasteiger partial charge in [0, 0.05) is 14.0 Å². The zero-order valence-electron chi connectivity index (χ0n) is 6.46. The number of rotatable bonds is 1. The summed E-state index contributed by atoms with van der Waals surface area (Å²) in [6.45, 7) is 1.64. The van der Waals surface area contributed by atoms with Crippen LogP contribution in [0.2, 0.25) is 0 Å². The number of urea groups is 1. The first kappa shape index (κ1) is 8.00. The van der Waals surface area contributed by atoms with Crippen molar-refractivity contribution in [3.8, 4) is 0 Å². The number of nitrogens with one attached hydrogen (secondary N) is 1. The van der Waals surface area contributed by atoms with E-state index in [1.165, 1.54) is 14.0 Å². The zero-order chi connectivity index (χ0) is 8.43. The Labute approximate surface area is 64.3 Å². The minimum atomic E-state index is -0.385. The number of hydrogen-bond acceptors (Lipinski definition) is 3. The SMILES string of the molecule is COC1CN(C(C)=O)C(=O)N1. The van der Waals surface area contributed by atoms with Gasteiger partial charge in [-0.2, -0.15) is 0 Å². The molecular weight excluding hydrogens is 148 g/mol. The van der Waals surface area contributed by atoms with E-state index in [1.54, 1.807) is 0 Å². The van der Waals surface area contributed by atoms with Gasteiger partial charge in [-0.3, -0.25) is 9.69 Å². The van der Waals surface area contributed by atoms with Crippen molar-refractivity contribution in [2.45, 2.75) is 13.2 Å². The van der Waals surface area contributed by atoms with E-state index in [4.69, 9.17) is 4.74 Å². The van der Waals surface area contributed by atoms with Crippen molar-refractivity contribution in [3.63, 3.8) is 0 Å². The lowest BCUT2D eigenvalue weighted by atomic mass is 10.5. The van der Waals surface area contributed by atoms with Gasteiger partial charge in [0.2, 0.25) is 5.91 Å². The fourth-order valence-electron chi connectivity index (χ4n) is 0.915. The Morgan fingerprint density at radius 2 is 2.45 bits per heavy atom. The topological polar surface area (TPSA) is 58.6 Å². The van der Waals surface area contributed by atoms with Gasteiger partial charge in [0.15, 0.2) is 0 Å². The maximum absolute atomic E-state index is 10.9. The van der Waals surface area contributed by atoms with Gasteiger partial charge >= 0.3 is 6.03 Å². The Kier molecular flexibility index (Phi) is 2.09. The van der Waals surface area contributed by atoms with E-state index in [1.807, 2.05) is 0 Å². The Hall–Kier alpha value is -1.10. The first-order valence-electron chi connectivity index (χ1n) is 3.26. The molecule has 11 heavy (non-hydrogen) atoms. The third kappa shape index (κ3) is 1.48. The lowest BCUT2D eigenvalue weighted by Crippen LogP contribution is -2.32. The fraction of sp³-hybridized carbons (Fsp3) is 0.667. The molecule has 0 aromatic carbocycles. The van der Waals surface area contributed by atoms with Gasteiger partial charge in [0.05, 0.1) is 6.54 Å². The molecule has 0 bridgehead atoms. The van der Waals surface area contributed by atoms with Gasteiger partial charge in [-0.05, 0) is 0 Å². The third-order valence-electron chi connectivity index (χ3n) is 1.54. The number of methoxy groups -OCH3 is 1. The maximum atomic E-state index is 10.9. The van der Waals surface area contributed by atoms with Crippen LogP contribution in [-0.2, 0) is 9.53 Å². The summed E-state index contributed by atoms with van der Waals surface area (Å²) in [5.41, 5.74) is 0. The predicted molar refractivity (Wildman–Crippen MR) is 36.7 cm³/mol. The van der Waals surface area contributed by atoms with Crippen molar-refractivity contribution >= 4 is 11.9 Å². The van der Waals surface area contributed by atoms with Gasteiger partial charge in [0.25, 0.3) is 0 Å². The molecule has 1 unspecified atom stereocenters. The number of carbonyl (C=O) groups excluding carboxylic acids is 2. The van der Waals surface area contributed by atoms with Gasteiger partial charge in [-0.1, -0.05) is 0 Å². The second-order valence-corrected chi connectivity index (χ2v) is 2.30. The Morgan fingerprint density at radius 1 is 1.82 bits per heavy atom. The Bertz CT molecular complexity index is 192. The number of nitrogens with zero attached hydrogens (tertiary/aromatic N) is 1. The lowest BCUT2D eigenvalue weighted by Gasteiger charge is -2.07. The molecule has 0 aromatic rings. The number of hydrogen-bond donors (Lipinski definition) is 1. The quantitative estimate of drug-likeness (QED) is 0.561. The maximum Gasteiger partial charge on any atom is 0.326 e. The highest BCUT2D eigenvalue weighted by atomic mass is 16.5. The number of imide groups is 1. The average molecular weight is 158 g/mol. The molecule has 0 aliphatic carbocycles. The second-order valence-electron chi connectivity index (χ2n) is 2.30. The molecule has 0 spiro atoms. The lowest BCUT2D eigenvalue weighted by molar-refractivity contribution is -0.125. The molecule has 62 valence electrons. The summed E-state index contributed by atoms with van der Waals surface area (Å²) in [5, 5.41) is 2.48. The molecule has 0 radical (unpaired) electrons. The van der Waals surface area contributed by atoms with E-state index in [9.17, 15) is 9.59 Å². The summed E-state index contributed by atoms with van der Waals surface area (Å²) in [7, 11) is 1.48. The second kappa shape index (κ2) is 2.87. The number of carbonyl (C=O) groups is 2. The number of amides is 3. The molecule has 5 heteroatoms. The minimum absolute atomic E-state index is 0.262. The normalized spacial score (nSPS) is 23.6. The molecule has 3 amide bonds. The summed E-state index contributed by atoms with van der Waals surface area (Å²) in [4.78, 5) is 22.7. The first-order valence-corrected chi connectivity index (χ1v) is 3.26.